The predicted molar refractivity (Wildman–Crippen MR) is 58.4 cm³/mol. The highest BCUT2D eigenvalue weighted by Crippen LogP contribution is 2.33. The smallest absolute Gasteiger partial charge is 0.264 e. The summed E-state index contributed by atoms with van der Waals surface area (Å²) < 4.78 is 27.4. The molecule has 1 amide bonds. The highest BCUT2D eigenvalue weighted by molar-refractivity contribution is 8.13. The highest BCUT2D eigenvalue weighted by Gasteiger charge is 2.24. The van der Waals surface area contributed by atoms with E-state index in [1.807, 2.05) is 0 Å². The maximum absolute atomic E-state index is 11.3. The van der Waals surface area contributed by atoms with Gasteiger partial charge in [-0.05, 0) is 18.2 Å². The zero-order valence-corrected chi connectivity index (χ0v) is 9.88. The van der Waals surface area contributed by atoms with E-state index < -0.39 is 9.05 Å². The lowest BCUT2D eigenvalue weighted by molar-refractivity contribution is -0.120. The summed E-state index contributed by atoms with van der Waals surface area (Å²) in [5.41, 5.74) is 0.401. The van der Waals surface area contributed by atoms with Gasteiger partial charge in [-0.3, -0.25) is 4.79 Å². The van der Waals surface area contributed by atoms with Gasteiger partial charge in [0.2, 0.25) is 0 Å². The van der Waals surface area contributed by atoms with Crippen molar-refractivity contribution in [2.45, 2.75) is 4.90 Å². The van der Waals surface area contributed by atoms with Crippen LogP contribution in [0, 0.1) is 0 Å². The lowest BCUT2D eigenvalue weighted by atomic mass is 10.2. The lowest BCUT2D eigenvalue weighted by Crippen LogP contribution is -2.35. The number of fused-ring (bicyclic) bond motifs is 1. The van der Waals surface area contributed by atoms with Crippen LogP contribution in [0.1, 0.15) is 0 Å². The maximum Gasteiger partial charge on any atom is 0.264 e. The van der Waals surface area contributed by atoms with Crippen LogP contribution in [0.15, 0.2) is 23.1 Å². The first-order valence-electron chi connectivity index (χ1n) is 4.37. The van der Waals surface area contributed by atoms with E-state index in [2.05, 4.69) is 0 Å². The molecule has 0 radical (unpaired) electrons. The number of rotatable bonds is 1. The summed E-state index contributed by atoms with van der Waals surface area (Å²) >= 11 is 0. The number of hydrogen-bond acceptors (Lipinski definition) is 4. The molecule has 0 aliphatic carbocycles. The molecular weight excluding hydrogens is 254 g/mol. The first-order chi connectivity index (χ1) is 7.39. The summed E-state index contributed by atoms with van der Waals surface area (Å²) in [6.45, 7) is -0.0452. The van der Waals surface area contributed by atoms with Gasteiger partial charge in [-0.25, -0.2) is 8.42 Å². The van der Waals surface area contributed by atoms with Crippen LogP contribution in [0.5, 0.6) is 5.75 Å². The average molecular weight is 262 g/mol. The minimum Gasteiger partial charge on any atom is -0.482 e. The number of carbonyl (C=O) groups excluding carboxylic acids is 1. The van der Waals surface area contributed by atoms with Gasteiger partial charge in [0.05, 0.1) is 10.6 Å². The first kappa shape index (κ1) is 11.2. The van der Waals surface area contributed by atoms with Crippen LogP contribution < -0.4 is 9.64 Å². The largest absolute Gasteiger partial charge is 0.482 e. The van der Waals surface area contributed by atoms with Gasteiger partial charge >= 0.3 is 0 Å². The maximum atomic E-state index is 11.3. The highest BCUT2D eigenvalue weighted by atomic mass is 35.7. The monoisotopic (exact) mass is 261 g/mol. The fourth-order valence-corrected chi connectivity index (χ4v) is 2.17. The average Bonchev–Trinajstić information content (AvgIpc) is 2.22. The van der Waals surface area contributed by atoms with Crippen LogP contribution in [0.2, 0.25) is 0 Å². The van der Waals surface area contributed by atoms with Crippen LogP contribution in [0.25, 0.3) is 0 Å². The molecule has 0 N–H and O–H groups in total. The normalized spacial score (nSPS) is 15.6. The molecule has 0 atom stereocenters. The zero-order chi connectivity index (χ0) is 11.9. The van der Waals surface area contributed by atoms with E-state index >= 15 is 0 Å². The van der Waals surface area contributed by atoms with E-state index in [-0.39, 0.29) is 17.4 Å². The number of anilines is 1. The van der Waals surface area contributed by atoms with Crippen LogP contribution in [0.4, 0.5) is 5.69 Å². The topological polar surface area (TPSA) is 63.7 Å². The van der Waals surface area contributed by atoms with Crippen LogP contribution in [-0.2, 0) is 13.8 Å². The number of halogens is 1. The Morgan fingerprint density at radius 2 is 2.12 bits per heavy atom. The number of nitrogens with zero attached hydrogens (tertiary/aromatic N) is 1. The summed E-state index contributed by atoms with van der Waals surface area (Å²) in [6.07, 6.45) is 0. The molecule has 7 heteroatoms. The Bertz CT molecular complexity index is 555. The molecule has 0 unspecified atom stereocenters. The van der Waals surface area contributed by atoms with Crippen molar-refractivity contribution in [2.75, 3.05) is 18.6 Å². The Balaban J connectivity index is 2.57. The summed E-state index contributed by atoms with van der Waals surface area (Å²) in [7, 11) is 2.96. The summed E-state index contributed by atoms with van der Waals surface area (Å²) in [5, 5.41) is 0. The van der Waals surface area contributed by atoms with Crippen molar-refractivity contribution >= 4 is 31.3 Å². The van der Waals surface area contributed by atoms with E-state index in [1.165, 1.54) is 23.1 Å². The van der Waals surface area contributed by atoms with Gasteiger partial charge in [0, 0.05) is 17.7 Å². The van der Waals surface area contributed by atoms with Crippen molar-refractivity contribution < 1.29 is 17.9 Å². The fraction of sp³-hybridized carbons (Fsp3) is 0.222. The summed E-state index contributed by atoms with van der Waals surface area (Å²) in [4.78, 5) is 12.6. The molecule has 2 rings (SSSR count). The van der Waals surface area contributed by atoms with E-state index in [0.29, 0.717) is 11.4 Å². The zero-order valence-electron chi connectivity index (χ0n) is 8.31. The number of amides is 1. The number of ether oxygens (including phenoxy) is 1. The minimum absolute atomic E-state index is 0.0452. The van der Waals surface area contributed by atoms with Crippen molar-refractivity contribution in [2.24, 2.45) is 0 Å². The molecule has 16 heavy (non-hydrogen) atoms. The molecule has 0 aromatic heterocycles. The third-order valence-corrected chi connectivity index (χ3v) is 3.65. The van der Waals surface area contributed by atoms with Gasteiger partial charge in [0.15, 0.2) is 6.61 Å². The van der Waals surface area contributed by atoms with Gasteiger partial charge < -0.3 is 9.64 Å². The quantitative estimate of drug-likeness (QED) is 0.707. The second-order valence-electron chi connectivity index (χ2n) is 3.31. The van der Waals surface area contributed by atoms with Crippen LogP contribution >= 0.6 is 10.7 Å². The van der Waals surface area contributed by atoms with E-state index in [0.717, 1.165) is 0 Å². The molecule has 0 bridgehead atoms. The Hall–Kier alpha value is -1.27. The van der Waals surface area contributed by atoms with Gasteiger partial charge in [-0.1, -0.05) is 0 Å². The predicted octanol–water partition coefficient (Wildman–Crippen LogP) is 0.969. The summed E-state index contributed by atoms with van der Waals surface area (Å²) in [6, 6.07) is 4.13. The Morgan fingerprint density at radius 3 is 2.75 bits per heavy atom. The van der Waals surface area contributed by atoms with Gasteiger partial charge in [0.1, 0.15) is 5.75 Å². The molecule has 0 fully saturated rings. The van der Waals surface area contributed by atoms with Gasteiger partial charge in [-0.15, -0.1) is 0 Å². The third-order valence-electron chi connectivity index (χ3n) is 2.30. The van der Waals surface area contributed by atoms with E-state index in [1.54, 1.807) is 7.05 Å². The minimum atomic E-state index is -3.80. The molecule has 0 saturated carbocycles. The SMILES string of the molecule is CN1C(=O)COc2ccc(S(=O)(=O)Cl)cc21. The lowest BCUT2D eigenvalue weighted by Gasteiger charge is -2.25. The molecule has 0 spiro atoms. The molecule has 1 heterocycles. The first-order valence-corrected chi connectivity index (χ1v) is 6.68. The Morgan fingerprint density at radius 1 is 1.44 bits per heavy atom. The molecule has 0 saturated heterocycles. The van der Waals surface area contributed by atoms with Crippen LogP contribution in [-0.4, -0.2) is 28.0 Å². The van der Waals surface area contributed by atoms with Crippen molar-refractivity contribution in [3.05, 3.63) is 18.2 Å². The van der Waals surface area contributed by atoms with Gasteiger partial charge in [0.25, 0.3) is 15.0 Å². The second kappa shape index (κ2) is 3.64. The van der Waals surface area contributed by atoms with Crippen LogP contribution in [0.3, 0.4) is 0 Å². The second-order valence-corrected chi connectivity index (χ2v) is 5.87. The van der Waals surface area contributed by atoms with Crippen molar-refractivity contribution in [3.8, 4) is 5.75 Å². The molecular formula is C9H8ClNO4S. The Labute approximate surface area is 97.0 Å². The van der Waals surface area contributed by atoms with Crippen molar-refractivity contribution in [1.29, 1.82) is 0 Å². The fourth-order valence-electron chi connectivity index (χ4n) is 1.40. The molecule has 5 nitrogen and oxygen atoms in total. The summed E-state index contributed by atoms with van der Waals surface area (Å²) in [5.74, 6) is 0.225. The van der Waals surface area contributed by atoms with E-state index in [4.69, 9.17) is 15.4 Å². The Kier molecular flexibility index (Phi) is 2.55. The number of benzene rings is 1. The molecule has 1 aliphatic heterocycles. The standard InChI is InChI=1S/C9H8ClNO4S/c1-11-7-4-6(16(10,13)14)2-3-8(7)15-5-9(11)12/h2-4H,5H2,1H3. The van der Waals surface area contributed by atoms with E-state index in [9.17, 15) is 13.2 Å². The van der Waals surface area contributed by atoms with Gasteiger partial charge in [-0.2, -0.15) is 0 Å². The number of carbonyl (C=O) groups is 1. The number of hydrogen-bond donors (Lipinski definition) is 0. The molecule has 1 aromatic rings. The third kappa shape index (κ3) is 1.85. The molecule has 1 aliphatic rings. The molecule has 1 aromatic carbocycles. The number of likely N-dealkylation sites (N-methyl/N-ethyl adjacent to an activating group) is 1. The van der Waals surface area contributed by atoms with Crippen molar-refractivity contribution in [1.82, 2.24) is 0 Å². The van der Waals surface area contributed by atoms with Crippen molar-refractivity contribution in [3.63, 3.8) is 0 Å². The molecule has 86 valence electrons.